The zero-order chi connectivity index (χ0) is 10.4. The van der Waals surface area contributed by atoms with Crippen molar-refractivity contribution in [3.05, 3.63) is 30.1 Å². The summed E-state index contributed by atoms with van der Waals surface area (Å²) in [6.45, 7) is 0.310. The molecule has 1 aromatic rings. The molecule has 1 aromatic heterocycles. The Bertz CT molecular complexity index is 256. The first-order chi connectivity index (χ1) is 6.70. The van der Waals surface area contributed by atoms with Crippen LogP contribution in [-0.4, -0.2) is 29.2 Å². The number of aliphatic hydroxyl groups is 1. The fourth-order valence-electron chi connectivity index (χ4n) is 0.956. The number of rotatable bonds is 5. The zero-order valence-electron chi connectivity index (χ0n) is 7.53. The number of halogens is 2. The third kappa shape index (κ3) is 3.76. The van der Waals surface area contributed by atoms with E-state index in [-0.39, 0.29) is 6.54 Å². The van der Waals surface area contributed by atoms with Gasteiger partial charge in [0.05, 0.1) is 0 Å². The predicted molar refractivity (Wildman–Crippen MR) is 48.0 cm³/mol. The van der Waals surface area contributed by atoms with Gasteiger partial charge in [0.2, 0.25) is 0 Å². The van der Waals surface area contributed by atoms with Gasteiger partial charge < -0.3 is 10.4 Å². The number of nitrogens with zero attached hydrogens (tertiary/aromatic N) is 1. The van der Waals surface area contributed by atoms with Crippen LogP contribution in [0.15, 0.2) is 24.5 Å². The first-order valence-corrected chi connectivity index (χ1v) is 4.26. The molecule has 0 saturated carbocycles. The summed E-state index contributed by atoms with van der Waals surface area (Å²) in [5, 5.41) is 11.5. The second-order valence-corrected chi connectivity index (χ2v) is 2.89. The van der Waals surface area contributed by atoms with Crippen molar-refractivity contribution in [1.82, 2.24) is 10.3 Å². The minimum Gasteiger partial charge on any atom is -0.386 e. The van der Waals surface area contributed by atoms with Crippen LogP contribution in [0, 0.1) is 0 Å². The van der Waals surface area contributed by atoms with E-state index in [0.29, 0.717) is 6.54 Å². The maximum absolute atomic E-state index is 11.9. The van der Waals surface area contributed by atoms with Crippen molar-refractivity contribution in [2.45, 2.75) is 19.1 Å². The molecule has 5 heteroatoms. The fraction of sp³-hybridized carbons (Fsp3) is 0.444. The maximum Gasteiger partial charge on any atom is 0.265 e. The Balaban J connectivity index is 2.22. The normalized spacial score (nSPS) is 13.1. The highest BCUT2D eigenvalue weighted by atomic mass is 19.3. The Kier molecular flexibility index (Phi) is 4.42. The Morgan fingerprint density at radius 3 is 2.86 bits per heavy atom. The minimum atomic E-state index is -2.70. The van der Waals surface area contributed by atoms with E-state index in [1.54, 1.807) is 18.5 Å². The van der Waals surface area contributed by atoms with Crippen molar-refractivity contribution in [2.75, 3.05) is 6.54 Å². The average Bonchev–Trinajstić information content (AvgIpc) is 2.19. The molecule has 0 fully saturated rings. The molecular formula is C9H12F2N2O. The van der Waals surface area contributed by atoms with E-state index in [9.17, 15) is 8.78 Å². The van der Waals surface area contributed by atoms with Crippen molar-refractivity contribution >= 4 is 0 Å². The van der Waals surface area contributed by atoms with Gasteiger partial charge >= 0.3 is 0 Å². The standard InChI is InChI=1S/C9H12F2N2O/c10-9(11)8(14)6-13-5-7-2-1-3-12-4-7/h1-4,8-9,13-14H,5-6H2. The molecule has 0 saturated heterocycles. The second kappa shape index (κ2) is 5.62. The van der Waals surface area contributed by atoms with E-state index in [1.165, 1.54) is 0 Å². The summed E-state index contributed by atoms with van der Waals surface area (Å²) in [5.74, 6) is 0. The number of nitrogens with one attached hydrogen (secondary N) is 1. The van der Waals surface area contributed by atoms with Crippen molar-refractivity contribution in [3.63, 3.8) is 0 Å². The van der Waals surface area contributed by atoms with Crippen LogP contribution < -0.4 is 5.32 Å². The first kappa shape index (κ1) is 11.0. The molecule has 14 heavy (non-hydrogen) atoms. The average molecular weight is 202 g/mol. The Labute approximate surface area is 80.8 Å². The van der Waals surface area contributed by atoms with Gasteiger partial charge in [-0.3, -0.25) is 4.98 Å². The third-order valence-electron chi connectivity index (χ3n) is 1.70. The van der Waals surface area contributed by atoms with Gasteiger partial charge in [-0.1, -0.05) is 6.07 Å². The number of hydrogen-bond donors (Lipinski definition) is 2. The van der Waals surface area contributed by atoms with Crippen LogP contribution in [0.3, 0.4) is 0 Å². The number of pyridine rings is 1. The van der Waals surface area contributed by atoms with E-state index < -0.39 is 12.5 Å². The lowest BCUT2D eigenvalue weighted by Gasteiger charge is -2.10. The largest absolute Gasteiger partial charge is 0.386 e. The molecule has 0 aliphatic rings. The SMILES string of the molecule is OC(CNCc1cccnc1)C(F)F. The van der Waals surface area contributed by atoms with Crippen LogP contribution in [0.4, 0.5) is 8.78 Å². The quantitative estimate of drug-likeness (QED) is 0.742. The number of alkyl halides is 2. The lowest BCUT2D eigenvalue weighted by atomic mass is 10.3. The molecule has 1 unspecified atom stereocenters. The molecule has 1 heterocycles. The Hall–Kier alpha value is -1.07. The fourth-order valence-corrected chi connectivity index (χ4v) is 0.956. The minimum absolute atomic E-state index is 0.118. The van der Waals surface area contributed by atoms with Gasteiger partial charge in [0.25, 0.3) is 6.43 Å². The Morgan fingerprint density at radius 1 is 1.50 bits per heavy atom. The first-order valence-electron chi connectivity index (χ1n) is 4.26. The van der Waals surface area contributed by atoms with Crippen LogP contribution in [0.25, 0.3) is 0 Å². The molecule has 3 nitrogen and oxygen atoms in total. The van der Waals surface area contributed by atoms with Gasteiger partial charge in [0, 0.05) is 25.5 Å². The summed E-state index contributed by atoms with van der Waals surface area (Å²) >= 11 is 0. The monoisotopic (exact) mass is 202 g/mol. The van der Waals surface area contributed by atoms with Crippen LogP contribution in [-0.2, 0) is 6.54 Å². The summed E-state index contributed by atoms with van der Waals surface area (Å²) in [4.78, 5) is 3.87. The topological polar surface area (TPSA) is 45.1 Å². The van der Waals surface area contributed by atoms with Crippen LogP contribution >= 0.6 is 0 Å². The molecule has 78 valence electrons. The van der Waals surface area contributed by atoms with Gasteiger partial charge in [-0.25, -0.2) is 8.78 Å². The lowest BCUT2D eigenvalue weighted by molar-refractivity contribution is -0.00341. The van der Waals surface area contributed by atoms with Crippen molar-refractivity contribution < 1.29 is 13.9 Å². The predicted octanol–water partition coefficient (Wildman–Crippen LogP) is 0.797. The highest BCUT2D eigenvalue weighted by Gasteiger charge is 2.15. The van der Waals surface area contributed by atoms with Crippen LogP contribution in [0.5, 0.6) is 0 Å². The number of aromatic nitrogens is 1. The Morgan fingerprint density at radius 2 is 2.29 bits per heavy atom. The highest BCUT2D eigenvalue weighted by molar-refractivity contribution is 5.07. The molecule has 2 N–H and O–H groups in total. The van der Waals surface area contributed by atoms with Gasteiger partial charge in [0.1, 0.15) is 6.10 Å². The van der Waals surface area contributed by atoms with E-state index in [2.05, 4.69) is 10.3 Å². The highest BCUT2D eigenvalue weighted by Crippen LogP contribution is 1.99. The molecule has 0 aliphatic carbocycles. The summed E-state index contributed by atoms with van der Waals surface area (Å²) in [6, 6.07) is 3.59. The van der Waals surface area contributed by atoms with Crippen LogP contribution in [0.2, 0.25) is 0 Å². The molecular weight excluding hydrogens is 190 g/mol. The maximum atomic E-state index is 11.9. The number of hydrogen-bond acceptors (Lipinski definition) is 3. The second-order valence-electron chi connectivity index (χ2n) is 2.89. The van der Waals surface area contributed by atoms with E-state index in [0.717, 1.165) is 5.56 Å². The molecule has 0 amide bonds. The third-order valence-corrected chi connectivity index (χ3v) is 1.70. The smallest absolute Gasteiger partial charge is 0.265 e. The molecule has 0 aliphatic heterocycles. The summed E-state index contributed by atoms with van der Waals surface area (Å²) in [7, 11) is 0. The van der Waals surface area contributed by atoms with E-state index >= 15 is 0 Å². The number of aliphatic hydroxyl groups excluding tert-OH is 1. The molecule has 0 aromatic carbocycles. The van der Waals surface area contributed by atoms with E-state index in [1.807, 2.05) is 6.07 Å². The van der Waals surface area contributed by atoms with Gasteiger partial charge in [-0.05, 0) is 11.6 Å². The molecule has 0 radical (unpaired) electrons. The van der Waals surface area contributed by atoms with Crippen LogP contribution in [0.1, 0.15) is 5.56 Å². The lowest BCUT2D eigenvalue weighted by Crippen LogP contribution is -2.31. The molecule has 0 bridgehead atoms. The van der Waals surface area contributed by atoms with Gasteiger partial charge in [-0.2, -0.15) is 0 Å². The molecule has 1 rings (SSSR count). The van der Waals surface area contributed by atoms with E-state index in [4.69, 9.17) is 5.11 Å². The van der Waals surface area contributed by atoms with Crippen molar-refractivity contribution in [1.29, 1.82) is 0 Å². The van der Waals surface area contributed by atoms with Crippen molar-refractivity contribution in [2.24, 2.45) is 0 Å². The molecule has 0 spiro atoms. The van der Waals surface area contributed by atoms with Gasteiger partial charge in [-0.15, -0.1) is 0 Å². The van der Waals surface area contributed by atoms with Crippen molar-refractivity contribution in [3.8, 4) is 0 Å². The zero-order valence-corrected chi connectivity index (χ0v) is 7.53. The van der Waals surface area contributed by atoms with Gasteiger partial charge in [0.15, 0.2) is 0 Å². The summed E-state index contributed by atoms with van der Waals surface area (Å²) in [6.07, 6.45) is -1.03. The molecule has 1 atom stereocenters. The summed E-state index contributed by atoms with van der Waals surface area (Å²) < 4.78 is 23.7. The summed E-state index contributed by atoms with van der Waals surface area (Å²) in [5.41, 5.74) is 0.897.